The number of carbonyl (C=O) groups is 7. The van der Waals surface area contributed by atoms with Gasteiger partial charge in [-0.3, -0.25) is 33.6 Å². The molecule has 38 heteroatoms. The van der Waals surface area contributed by atoms with E-state index in [2.05, 4.69) is 26.6 Å². The second kappa shape index (κ2) is 36.4. The monoisotopic (exact) mass is 1350 g/mol. The summed E-state index contributed by atoms with van der Waals surface area (Å²) in [6.45, 7) is 7.04. The standard InChI is InChI=1S/C52H79F17N6O15/c1-7-8-9-10-11-13-18-71-42(84)33(75-44(85)45(53,54)46(55,56)47(57,58)48(59,60)49(61,62)50(63,64)51(65,66)52(67,68)69)15-12-14-17-70-36(80)16-20-86-22-24-88-25-23-87-21-19-72-41(83)32(26-34(79)37(28(2)3)73-30(5)77)29(4)89-43-38(74-31(6)78)40(82)39(81)35(27-76)90-43/h28-29,32-33,35,37-40,43,76,81-82H,7-27H2,1-6H3,(H,70,80)(H,71,84)(H,72,83)(H,73,77)(H,74,78)(H,75,85)/t29-,32-,33+,35+,37-,38+,39-,40+,43-/m0/s1. The Morgan fingerprint density at radius 1 is 0.556 bits per heavy atom. The van der Waals surface area contributed by atoms with Gasteiger partial charge in [0.2, 0.25) is 29.5 Å². The molecule has 0 saturated carbocycles. The number of aliphatic hydroxyl groups excluding tert-OH is 3. The number of halogens is 17. The molecule has 1 saturated heterocycles. The summed E-state index contributed by atoms with van der Waals surface area (Å²) in [5, 5.41) is 43.6. The van der Waals surface area contributed by atoms with Crippen molar-refractivity contribution in [3.63, 3.8) is 0 Å². The maximum atomic E-state index is 14.8. The molecule has 21 nitrogen and oxygen atoms in total. The quantitative estimate of drug-likeness (QED) is 0.0290. The third-order valence-corrected chi connectivity index (χ3v) is 13.8. The Labute approximate surface area is 506 Å². The molecule has 0 aromatic heterocycles. The van der Waals surface area contributed by atoms with E-state index in [1.54, 1.807) is 13.8 Å². The predicted molar refractivity (Wildman–Crippen MR) is 277 cm³/mol. The van der Waals surface area contributed by atoms with Gasteiger partial charge in [0.1, 0.15) is 30.4 Å². The van der Waals surface area contributed by atoms with Crippen LogP contribution in [0.4, 0.5) is 74.6 Å². The van der Waals surface area contributed by atoms with Gasteiger partial charge in [-0.05, 0) is 38.5 Å². The topological polar surface area (TPSA) is 299 Å². The fourth-order valence-electron chi connectivity index (χ4n) is 8.48. The van der Waals surface area contributed by atoms with E-state index in [0.717, 1.165) is 31.5 Å². The largest absolute Gasteiger partial charge is 0.460 e. The normalized spacial score (nSPS) is 19.5. The van der Waals surface area contributed by atoms with Crippen LogP contribution in [0.15, 0.2) is 0 Å². The van der Waals surface area contributed by atoms with Gasteiger partial charge < -0.3 is 70.9 Å². The third kappa shape index (κ3) is 22.3. The number of alkyl halides is 17. The number of ether oxygens (including phenoxy) is 5. The fourth-order valence-corrected chi connectivity index (χ4v) is 8.48. The van der Waals surface area contributed by atoms with Crippen LogP contribution in [0, 0.1) is 11.8 Å². The zero-order valence-corrected chi connectivity index (χ0v) is 49.8. The molecule has 1 heterocycles. The van der Waals surface area contributed by atoms with Gasteiger partial charge in [0.15, 0.2) is 12.1 Å². The number of hydrogen-bond acceptors (Lipinski definition) is 15. The molecule has 1 fully saturated rings. The summed E-state index contributed by atoms with van der Waals surface area (Å²) in [6, 6.07) is -4.86. The van der Waals surface area contributed by atoms with E-state index >= 15 is 0 Å². The highest BCUT2D eigenvalue weighted by Crippen LogP contribution is 2.64. The van der Waals surface area contributed by atoms with Gasteiger partial charge in [-0.25, -0.2) is 0 Å². The summed E-state index contributed by atoms with van der Waals surface area (Å²) in [4.78, 5) is 88.6. The van der Waals surface area contributed by atoms with E-state index in [1.807, 2.05) is 6.92 Å². The van der Waals surface area contributed by atoms with Gasteiger partial charge in [0, 0.05) is 46.3 Å². The van der Waals surface area contributed by atoms with E-state index in [9.17, 15) is 124 Å². The first-order valence-corrected chi connectivity index (χ1v) is 28.3. The average molecular weight is 1350 g/mol. The molecule has 0 radical (unpaired) electrons. The van der Waals surface area contributed by atoms with Crippen molar-refractivity contribution in [2.75, 3.05) is 65.9 Å². The van der Waals surface area contributed by atoms with Gasteiger partial charge in [-0.15, -0.1) is 0 Å². The number of nitrogens with one attached hydrogen (secondary N) is 6. The summed E-state index contributed by atoms with van der Waals surface area (Å²) in [5.41, 5.74) is 0. The number of carbonyl (C=O) groups excluding carboxylic acids is 7. The van der Waals surface area contributed by atoms with Crippen LogP contribution in [0.25, 0.3) is 0 Å². The van der Waals surface area contributed by atoms with E-state index < -0.39 is 175 Å². The van der Waals surface area contributed by atoms with Crippen molar-refractivity contribution in [2.45, 2.75) is 209 Å². The van der Waals surface area contributed by atoms with E-state index in [4.69, 9.17) is 23.7 Å². The average Bonchev–Trinajstić information content (AvgIpc) is 0.697. The summed E-state index contributed by atoms with van der Waals surface area (Å²) in [6.07, 6.45) is -14.1. The number of aliphatic hydroxyl groups is 3. The molecule has 0 aromatic carbocycles. The van der Waals surface area contributed by atoms with Crippen molar-refractivity contribution in [3.05, 3.63) is 0 Å². The van der Waals surface area contributed by atoms with E-state index in [0.29, 0.717) is 12.8 Å². The first kappa shape index (κ1) is 83.0. The minimum Gasteiger partial charge on any atom is -0.394 e. The Kier molecular flexibility index (Phi) is 33.6. The zero-order valence-electron chi connectivity index (χ0n) is 49.8. The first-order valence-electron chi connectivity index (χ1n) is 28.3. The van der Waals surface area contributed by atoms with Crippen LogP contribution in [0.5, 0.6) is 0 Å². The molecule has 0 aliphatic carbocycles. The molecule has 0 aromatic rings. The second-order valence-electron chi connectivity index (χ2n) is 21.3. The van der Waals surface area contributed by atoms with Gasteiger partial charge in [0.05, 0.1) is 64.3 Å². The molecule has 9 N–H and O–H groups in total. The lowest BCUT2D eigenvalue weighted by molar-refractivity contribution is -0.459. The number of ketones is 1. The molecule has 1 aliphatic rings. The highest BCUT2D eigenvalue weighted by molar-refractivity contribution is 5.93. The number of unbranched alkanes of at least 4 members (excludes halogenated alkanes) is 6. The predicted octanol–water partition coefficient (Wildman–Crippen LogP) is 4.88. The number of amides is 6. The lowest BCUT2D eigenvalue weighted by Gasteiger charge is -2.43. The lowest BCUT2D eigenvalue weighted by Crippen LogP contribution is -2.75. The highest BCUT2D eigenvalue weighted by Gasteiger charge is 2.95. The fraction of sp³-hybridized carbons (Fsp3) is 0.865. The summed E-state index contributed by atoms with van der Waals surface area (Å²) in [5.74, 6) is -69.5. The van der Waals surface area contributed by atoms with Crippen LogP contribution in [0.2, 0.25) is 0 Å². The molecule has 1 rings (SSSR count). The molecule has 0 spiro atoms. The smallest absolute Gasteiger partial charge is 0.394 e. The minimum atomic E-state index is -8.91. The van der Waals surface area contributed by atoms with Crippen molar-refractivity contribution in [1.29, 1.82) is 0 Å². The third-order valence-electron chi connectivity index (χ3n) is 13.8. The highest BCUT2D eigenvalue weighted by atomic mass is 19.4. The molecule has 1 aliphatic heterocycles. The second-order valence-corrected chi connectivity index (χ2v) is 21.3. The number of rotatable bonds is 44. The SMILES string of the molecule is CCCCCCCCNC(=O)[C@@H](CCCCNC(=O)CCOCCOCCOCCNC(=O)[C@@H](CC(=O)[C@@H](NC(C)=O)C(C)C)[C@H](C)O[C@H]1O[C@H](CO)[C@H](O)[C@H](O)[C@H]1NC(C)=O)NC(=O)C(F)(F)C(F)(F)C(F)(F)C(F)(F)C(F)(F)C(F)(F)C(F)(F)C(F)(F)F. The van der Waals surface area contributed by atoms with Crippen LogP contribution >= 0.6 is 0 Å². The number of Topliss-reactive ketones (excluding diaryl/α,β-unsaturated/α-hetero) is 1. The van der Waals surface area contributed by atoms with Crippen LogP contribution in [0.3, 0.4) is 0 Å². The van der Waals surface area contributed by atoms with Crippen molar-refractivity contribution in [2.24, 2.45) is 11.8 Å². The molecule has 9 atom stereocenters. The number of hydrogen-bond donors (Lipinski definition) is 9. The molecule has 6 amide bonds. The molecule has 90 heavy (non-hydrogen) atoms. The van der Waals surface area contributed by atoms with E-state index in [1.165, 1.54) is 13.8 Å². The van der Waals surface area contributed by atoms with Crippen LogP contribution in [-0.4, -0.2) is 219 Å². The van der Waals surface area contributed by atoms with Crippen LogP contribution in [0.1, 0.15) is 112 Å². The van der Waals surface area contributed by atoms with Crippen molar-refractivity contribution < 1.29 is 147 Å². The lowest BCUT2D eigenvalue weighted by atomic mass is 9.88. The Hall–Kier alpha value is -5.02. The Morgan fingerprint density at radius 2 is 1.04 bits per heavy atom. The minimum absolute atomic E-state index is 0.00515. The van der Waals surface area contributed by atoms with Gasteiger partial charge >= 0.3 is 47.6 Å². The Morgan fingerprint density at radius 3 is 1.57 bits per heavy atom. The maximum absolute atomic E-state index is 14.8. The van der Waals surface area contributed by atoms with Crippen LogP contribution in [-0.2, 0) is 57.2 Å². The van der Waals surface area contributed by atoms with E-state index in [-0.39, 0.29) is 78.5 Å². The Balaban J connectivity index is 2.82. The zero-order chi connectivity index (χ0) is 69.4. The van der Waals surface area contributed by atoms with Gasteiger partial charge in [0.25, 0.3) is 5.91 Å². The molecule has 526 valence electrons. The summed E-state index contributed by atoms with van der Waals surface area (Å²) in [7, 11) is 0. The van der Waals surface area contributed by atoms with Crippen molar-refractivity contribution in [1.82, 2.24) is 31.9 Å². The Bertz CT molecular complexity index is 2280. The molecular weight excluding hydrogens is 1270 g/mol. The first-order chi connectivity index (χ1) is 41.4. The molecule has 0 unspecified atom stereocenters. The van der Waals surface area contributed by atoms with Crippen LogP contribution < -0.4 is 31.9 Å². The van der Waals surface area contributed by atoms with Crippen molar-refractivity contribution in [3.8, 4) is 0 Å². The summed E-state index contributed by atoms with van der Waals surface area (Å²) >= 11 is 0. The maximum Gasteiger partial charge on any atom is 0.460 e. The summed E-state index contributed by atoms with van der Waals surface area (Å²) < 4.78 is 263. The van der Waals surface area contributed by atoms with Gasteiger partial charge in [-0.1, -0.05) is 52.9 Å². The molecule has 0 bridgehead atoms. The van der Waals surface area contributed by atoms with Crippen molar-refractivity contribution >= 4 is 41.2 Å². The van der Waals surface area contributed by atoms with Gasteiger partial charge in [-0.2, -0.15) is 74.6 Å². The molecular formula is C52H79F17N6O15.